The summed E-state index contributed by atoms with van der Waals surface area (Å²) < 4.78 is 23.8. The molecule has 4 rings (SSSR count). The number of nitrogens with zero attached hydrogens (tertiary/aromatic N) is 2. The van der Waals surface area contributed by atoms with Crippen molar-refractivity contribution >= 4 is 11.8 Å². The first-order valence-corrected chi connectivity index (χ1v) is 10.0. The molecule has 0 bridgehead atoms. The van der Waals surface area contributed by atoms with E-state index in [9.17, 15) is 14.0 Å². The van der Waals surface area contributed by atoms with Crippen LogP contribution in [0.25, 0.3) is 11.4 Å². The summed E-state index contributed by atoms with van der Waals surface area (Å²) in [6.07, 6.45) is -0.951. The first-order valence-electron chi connectivity index (χ1n) is 10.0. The van der Waals surface area contributed by atoms with Gasteiger partial charge in [-0.05, 0) is 24.3 Å². The van der Waals surface area contributed by atoms with Gasteiger partial charge in [0.1, 0.15) is 5.82 Å². The molecule has 0 fully saturated rings. The van der Waals surface area contributed by atoms with Crippen LogP contribution >= 0.6 is 0 Å². The first kappa shape index (κ1) is 21.1. The topological polar surface area (TPSA) is 82.3 Å². The summed E-state index contributed by atoms with van der Waals surface area (Å²) in [6, 6.07) is 23.2. The van der Waals surface area contributed by atoms with Crippen LogP contribution in [-0.4, -0.2) is 21.9 Å². The number of aryl methyl sites for hydroxylation is 1. The SMILES string of the molecule is O=C(CCc1nc(-c2ccc(F)cc2)no1)OC(C(=O)c1ccccc1)c1ccccc1. The standard InChI is InChI=1S/C25H19FN2O4/c26-20-13-11-19(12-14-20)25-27-21(32-28-25)15-16-22(29)31-24(18-9-5-2-6-10-18)23(30)17-7-3-1-4-8-17/h1-14,24H,15-16H2. The molecule has 32 heavy (non-hydrogen) atoms. The van der Waals surface area contributed by atoms with Crippen LogP contribution < -0.4 is 0 Å². The summed E-state index contributed by atoms with van der Waals surface area (Å²) in [6.45, 7) is 0. The number of carbonyl (C=O) groups is 2. The van der Waals surface area contributed by atoms with Gasteiger partial charge in [-0.15, -0.1) is 0 Å². The van der Waals surface area contributed by atoms with E-state index in [4.69, 9.17) is 9.26 Å². The molecule has 3 aromatic carbocycles. The molecule has 1 unspecified atom stereocenters. The Labute approximate surface area is 183 Å². The Balaban J connectivity index is 1.43. The summed E-state index contributed by atoms with van der Waals surface area (Å²) in [4.78, 5) is 29.8. The summed E-state index contributed by atoms with van der Waals surface area (Å²) >= 11 is 0. The van der Waals surface area contributed by atoms with Gasteiger partial charge in [0.25, 0.3) is 0 Å². The zero-order chi connectivity index (χ0) is 22.3. The number of ether oxygens (including phenoxy) is 1. The summed E-state index contributed by atoms with van der Waals surface area (Å²) in [5.41, 5.74) is 1.64. The van der Waals surface area contributed by atoms with Crippen molar-refractivity contribution in [3.63, 3.8) is 0 Å². The number of carbonyl (C=O) groups excluding carboxylic acids is 2. The minimum atomic E-state index is -1.05. The van der Waals surface area contributed by atoms with Crippen LogP contribution in [0.3, 0.4) is 0 Å². The Morgan fingerprint density at radius 2 is 1.56 bits per heavy atom. The minimum Gasteiger partial charge on any atom is -0.449 e. The number of Topliss-reactive ketones (excluding diaryl/α,β-unsaturated/α-hetero) is 1. The molecule has 0 aliphatic rings. The monoisotopic (exact) mass is 430 g/mol. The molecule has 4 aromatic rings. The van der Waals surface area contributed by atoms with Gasteiger partial charge in [0.05, 0.1) is 6.42 Å². The normalized spacial score (nSPS) is 11.7. The van der Waals surface area contributed by atoms with Crippen LogP contribution in [0.2, 0.25) is 0 Å². The van der Waals surface area contributed by atoms with Crippen LogP contribution in [0.4, 0.5) is 4.39 Å². The maximum atomic E-state index is 13.1. The highest BCUT2D eigenvalue weighted by Crippen LogP contribution is 2.24. The van der Waals surface area contributed by atoms with E-state index in [1.807, 2.05) is 12.1 Å². The van der Waals surface area contributed by atoms with Crippen LogP contribution in [0.5, 0.6) is 0 Å². The Kier molecular flexibility index (Phi) is 6.46. The maximum absolute atomic E-state index is 13.1. The summed E-state index contributed by atoms with van der Waals surface area (Å²) in [5.74, 6) is -0.689. The Bertz CT molecular complexity index is 1190. The number of ketones is 1. The molecule has 0 N–H and O–H groups in total. The van der Waals surface area contributed by atoms with Crippen molar-refractivity contribution in [3.05, 3.63) is 108 Å². The molecule has 0 aliphatic heterocycles. The third kappa shape index (κ3) is 5.13. The Morgan fingerprint density at radius 1 is 0.906 bits per heavy atom. The highest BCUT2D eigenvalue weighted by Gasteiger charge is 2.26. The predicted octanol–water partition coefficient (Wildman–Crippen LogP) is 4.98. The predicted molar refractivity (Wildman–Crippen MR) is 114 cm³/mol. The molecule has 0 aliphatic carbocycles. The van der Waals surface area contributed by atoms with Gasteiger partial charge >= 0.3 is 5.97 Å². The Morgan fingerprint density at radius 3 is 2.25 bits per heavy atom. The Hall–Kier alpha value is -4.13. The van der Waals surface area contributed by atoms with E-state index in [-0.39, 0.29) is 30.3 Å². The number of rotatable bonds is 8. The highest BCUT2D eigenvalue weighted by molar-refractivity contribution is 6.00. The van der Waals surface area contributed by atoms with E-state index in [0.29, 0.717) is 22.5 Å². The van der Waals surface area contributed by atoms with Crippen LogP contribution in [0, 0.1) is 5.82 Å². The molecular weight excluding hydrogens is 411 g/mol. The number of esters is 1. The van der Waals surface area contributed by atoms with Gasteiger partial charge in [-0.3, -0.25) is 9.59 Å². The molecule has 1 atom stereocenters. The first-order chi connectivity index (χ1) is 15.6. The number of hydrogen-bond donors (Lipinski definition) is 0. The second-order valence-electron chi connectivity index (χ2n) is 7.03. The number of aromatic nitrogens is 2. The molecule has 0 saturated carbocycles. The molecule has 0 spiro atoms. The molecule has 0 amide bonds. The van der Waals surface area contributed by atoms with Gasteiger partial charge in [0.2, 0.25) is 17.5 Å². The van der Waals surface area contributed by atoms with Crippen molar-refractivity contribution in [3.8, 4) is 11.4 Å². The molecule has 0 saturated heterocycles. The van der Waals surface area contributed by atoms with Gasteiger partial charge < -0.3 is 9.26 Å². The lowest BCUT2D eigenvalue weighted by atomic mass is 10.00. The van der Waals surface area contributed by atoms with Crippen LogP contribution in [-0.2, 0) is 16.0 Å². The lowest BCUT2D eigenvalue weighted by molar-refractivity contribution is -0.147. The van der Waals surface area contributed by atoms with Crippen molar-refractivity contribution in [1.29, 1.82) is 0 Å². The number of hydrogen-bond acceptors (Lipinski definition) is 6. The van der Waals surface area contributed by atoms with Crippen molar-refractivity contribution in [2.75, 3.05) is 0 Å². The summed E-state index contributed by atoms with van der Waals surface area (Å²) in [7, 11) is 0. The zero-order valence-electron chi connectivity index (χ0n) is 17.0. The largest absolute Gasteiger partial charge is 0.449 e. The van der Waals surface area contributed by atoms with Gasteiger partial charge in [-0.1, -0.05) is 65.8 Å². The van der Waals surface area contributed by atoms with Gasteiger partial charge in [0.15, 0.2) is 6.10 Å². The fraction of sp³-hybridized carbons (Fsp3) is 0.120. The quantitative estimate of drug-likeness (QED) is 0.290. The highest BCUT2D eigenvalue weighted by atomic mass is 19.1. The summed E-state index contributed by atoms with van der Waals surface area (Å²) in [5, 5.41) is 3.86. The molecule has 7 heteroatoms. The van der Waals surface area contributed by atoms with Gasteiger partial charge in [0, 0.05) is 23.1 Å². The minimum absolute atomic E-state index is 0.0452. The number of halogens is 1. The number of benzene rings is 3. The second kappa shape index (κ2) is 9.78. The van der Waals surface area contributed by atoms with Gasteiger partial charge in [-0.2, -0.15) is 4.98 Å². The van der Waals surface area contributed by atoms with Crippen LogP contribution in [0.15, 0.2) is 89.5 Å². The third-order valence-electron chi connectivity index (χ3n) is 4.76. The molecule has 1 heterocycles. The van der Waals surface area contributed by atoms with Crippen molar-refractivity contribution < 1.29 is 23.2 Å². The molecule has 0 radical (unpaired) electrons. The van der Waals surface area contributed by atoms with Crippen LogP contribution in [0.1, 0.15) is 34.3 Å². The molecule has 160 valence electrons. The zero-order valence-corrected chi connectivity index (χ0v) is 17.0. The van der Waals surface area contributed by atoms with E-state index in [1.165, 1.54) is 24.3 Å². The maximum Gasteiger partial charge on any atom is 0.307 e. The lowest BCUT2D eigenvalue weighted by Gasteiger charge is -2.17. The molecule has 6 nitrogen and oxygen atoms in total. The van der Waals surface area contributed by atoms with Crippen molar-refractivity contribution in [2.24, 2.45) is 0 Å². The third-order valence-corrected chi connectivity index (χ3v) is 4.76. The molecule has 1 aromatic heterocycles. The van der Waals surface area contributed by atoms with E-state index >= 15 is 0 Å². The van der Waals surface area contributed by atoms with Crippen molar-refractivity contribution in [2.45, 2.75) is 18.9 Å². The van der Waals surface area contributed by atoms with E-state index in [2.05, 4.69) is 10.1 Å². The van der Waals surface area contributed by atoms with E-state index in [1.54, 1.807) is 48.5 Å². The van der Waals surface area contributed by atoms with E-state index in [0.717, 1.165) is 0 Å². The van der Waals surface area contributed by atoms with E-state index < -0.39 is 12.1 Å². The molecular formula is C25H19FN2O4. The van der Waals surface area contributed by atoms with Crippen molar-refractivity contribution in [1.82, 2.24) is 10.1 Å². The second-order valence-corrected chi connectivity index (χ2v) is 7.03. The average Bonchev–Trinajstić information content (AvgIpc) is 3.31. The van der Waals surface area contributed by atoms with Gasteiger partial charge in [-0.25, -0.2) is 4.39 Å². The smallest absolute Gasteiger partial charge is 0.307 e. The fourth-order valence-electron chi connectivity index (χ4n) is 3.13. The fourth-order valence-corrected chi connectivity index (χ4v) is 3.13. The average molecular weight is 430 g/mol. The lowest BCUT2D eigenvalue weighted by Crippen LogP contribution is -2.20.